The van der Waals surface area contributed by atoms with Crippen LogP contribution >= 0.6 is 0 Å². The Hall–Kier alpha value is -3.49. The summed E-state index contributed by atoms with van der Waals surface area (Å²) in [5.74, 6) is -1.68. The van der Waals surface area contributed by atoms with Crippen LogP contribution in [0.25, 0.3) is 0 Å². The van der Waals surface area contributed by atoms with Crippen LogP contribution in [0.3, 0.4) is 0 Å². The number of urea groups is 1. The van der Waals surface area contributed by atoms with Crippen LogP contribution in [-0.4, -0.2) is 33.5 Å². The summed E-state index contributed by atoms with van der Waals surface area (Å²) in [5.41, 5.74) is 0.732. The molecule has 0 fully saturated rings. The highest BCUT2D eigenvalue weighted by molar-refractivity contribution is 5.91. The van der Waals surface area contributed by atoms with E-state index in [2.05, 4.69) is 5.32 Å². The highest BCUT2D eigenvalue weighted by Gasteiger charge is 2.18. The number of benzene rings is 2. The Bertz CT molecular complexity index is 777. The van der Waals surface area contributed by atoms with Gasteiger partial charge in [-0.05, 0) is 29.8 Å². The van der Waals surface area contributed by atoms with Crippen LogP contribution in [-0.2, 0) is 11.3 Å². The first-order valence-corrected chi connectivity index (χ1v) is 7.12. The maximum Gasteiger partial charge on any atom is 0.323 e. The first kappa shape index (κ1) is 17.9. The zero-order chi connectivity index (χ0) is 18.4. The number of amides is 2. The second-order valence-electron chi connectivity index (χ2n) is 5.11. The molecule has 0 aliphatic rings. The first-order valence-electron chi connectivity index (χ1n) is 7.12. The number of hydrogen-bond donors (Lipinski definition) is 2. The summed E-state index contributed by atoms with van der Waals surface area (Å²) in [4.78, 5) is 34.4. The number of carbonyl (C=O) groups is 2. The third-order valence-corrected chi connectivity index (χ3v) is 3.23. The summed E-state index contributed by atoms with van der Waals surface area (Å²) < 4.78 is 12.9. The summed E-state index contributed by atoms with van der Waals surface area (Å²) in [5, 5.41) is 22.1. The Labute approximate surface area is 141 Å². The van der Waals surface area contributed by atoms with E-state index in [0.29, 0.717) is 11.3 Å². The Balaban J connectivity index is 2.11. The molecule has 0 aliphatic heterocycles. The van der Waals surface area contributed by atoms with Crippen molar-refractivity contribution in [2.24, 2.45) is 0 Å². The average molecular weight is 347 g/mol. The number of anilines is 1. The zero-order valence-electron chi connectivity index (χ0n) is 12.9. The molecule has 0 aliphatic carbocycles. The maximum atomic E-state index is 12.9. The SMILES string of the molecule is O=C(O)CN(Cc1ccc([N+](=O)[O-])cc1)C(=O)Nc1ccc(F)cc1. The molecule has 0 aromatic heterocycles. The summed E-state index contributed by atoms with van der Waals surface area (Å²) in [6.45, 7) is -0.624. The molecule has 9 heteroatoms. The Morgan fingerprint density at radius 2 is 1.72 bits per heavy atom. The molecule has 0 spiro atoms. The Morgan fingerprint density at radius 1 is 1.12 bits per heavy atom. The lowest BCUT2D eigenvalue weighted by molar-refractivity contribution is -0.384. The van der Waals surface area contributed by atoms with E-state index in [4.69, 9.17) is 5.11 Å². The highest BCUT2D eigenvalue weighted by Crippen LogP contribution is 2.15. The predicted octanol–water partition coefficient (Wildman–Crippen LogP) is 2.85. The lowest BCUT2D eigenvalue weighted by atomic mass is 10.2. The van der Waals surface area contributed by atoms with Gasteiger partial charge >= 0.3 is 12.0 Å². The van der Waals surface area contributed by atoms with Crippen molar-refractivity contribution in [2.75, 3.05) is 11.9 Å². The molecule has 2 amide bonds. The number of nitrogens with zero attached hydrogens (tertiary/aromatic N) is 2. The van der Waals surface area contributed by atoms with E-state index in [0.717, 1.165) is 17.0 Å². The van der Waals surface area contributed by atoms with Gasteiger partial charge in [0, 0.05) is 24.4 Å². The minimum atomic E-state index is -1.21. The van der Waals surface area contributed by atoms with Gasteiger partial charge in [0.1, 0.15) is 12.4 Å². The van der Waals surface area contributed by atoms with Crippen molar-refractivity contribution in [3.63, 3.8) is 0 Å². The van der Waals surface area contributed by atoms with Crippen molar-refractivity contribution in [3.05, 3.63) is 70.0 Å². The van der Waals surface area contributed by atoms with E-state index in [1.165, 1.54) is 36.4 Å². The van der Waals surface area contributed by atoms with E-state index in [-0.39, 0.29) is 12.2 Å². The number of hydrogen-bond acceptors (Lipinski definition) is 4. The van der Waals surface area contributed by atoms with E-state index in [9.17, 15) is 24.1 Å². The first-order chi connectivity index (χ1) is 11.8. The molecule has 0 radical (unpaired) electrons. The molecule has 8 nitrogen and oxygen atoms in total. The molecule has 0 bridgehead atoms. The predicted molar refractivity (Wildman–Crippen MR) is 86.6 cm³/mol. The van der Waals surface area contributed by atoms with Crippen molar-refractivity contribution in [3.8, 4) is 0 Å². The normalized spacial score (nSPS) is 10.1. The molecule has 0 atom stereocenters. The number of nitrogens with one attached hydrogen (secondary N) is 1. The fourth-order valence-electron chi connectivity index (χ4n) is 2.04. The third kappa shape index (κ3) is 5.27. The number of rotatable bonds is 6. The number of non-ortho nitro benzene ring substituents is 1. The van der Waals surface area contributed by atoms with Crippen LogP contribution in [0.4, 0.5) is 20.6 Å². The zero-order valence-corrected chi connectivity index (χ0v) is 12.9. The number of carboxylic acids is 1. The van der Waals surface area contributed by atoms with Crippen molar-refractivity contribution >= 4 is 23.4 Å². The van der Waals surface area contributed by atoms with E-state index >= 15 is 0 Å². The Morgan fingerprint density at radius 3 is 2.24 bits per heavy atom. The molecule has 2 aromatic rings. The van der Waals surface area contributed by atoms with Gasteiger partial charge in [0.25, 0.3) is 5.69 Å². The monoisotopic (exact) mass is 347 g/mol. The van der Waals surface area contributed by atoms with Crippen LogP contribution in [0.15, 0.2) is 48.5 Å². The Kier molecular flexibility index (Phi) is 5.62. The average Bonchev–Trinajstić information content (AvgIpc) is 2.56. The molecular weight excluding hydrogens is 333 g/mol. The van der Waals surface area contributed by atoms with Crippen LogP contribution in [0.2, 0.25) is 0 Å². The van der Waals surface area contributed by atoms with Gasteiger partial charge in [-0.25, -0.2) is 9.18 Å². The molecular formula is C16H14FN3O5. The summed E-state index contributed by atoms with van der Waals surface area (Å²) in [7, 11) is 0. The lowest BCUT2D eigenvalue weighted by Crippen LogP contribution is -2.38. The van der Waals surface area contributed by atoms with Crippen molar-refractivity contribution in [1.29, 1.82) is 0 Å². The minimum Gasteiger partial charge on any atom is -0.480 e. The number of aliphatic carboxylic acids is 1. The molecule has 2 rings (SSSR count). The fourth-order valence-corrected chi connectivity index (χ4v) is 2.04. The van der Waals surface area contributed by atoms with Gasteiger partial charge in [-0.3, -0.25) is 14.9 Å². The number of halogens is 1. The highest BCUT2D eigenvalue weighted by atomic mass is 19.1. The number of nitro benzene ring substituents is 1. The van der Waals surface area contributed by atoms with Crippen LogP contribution in [0.1, 0.15) is 5.56 Å². The van der Waals surface area contributed by atoms with Gasteiger partial charge in [0.2, 0.25) is 0 Å². The maximum absolute atomic E-state index is 12.9. The van der Waals surface area contributed by atoms with Gasteiger partial charge in [0.15, 0.2) is 0 Å². The molecule has 0 saturated heterocycles. The molecule has 130 valence electrons. The summed E-state index contributed by atoms with van der Waals surface area (Å²) in [6, 6.07) is 9.75. The molecule has 2 N–H and O–H groups in total. The molecule has 0 unspecified atom stereocenters. The fraction of sp³-hybridized carbons (Fsp3) is 0.125. The van der Waals surface area contributed by atoms with Crippen LogP contribution in [0, 0.1) is 15.9 Å². The largest absolute Gasteiger partial charge is 0.480 e. The van der Waals surface area contributed by atoms with E-state index in [1.807, 2.05) is 0 Å². The van der Waals surface area contributed by atoms with Gasteiger partial charge < -0.3 is 15.3 Å². The van der Waals surface area contributed by atoms with Gasteiger partial charge in [0.05, 0.1) is 4.92 Å². The van der Waals surface area contributed by atoms with Crippen LogP contribution in [0.5, 0.6) is 0 Å². The topological polar surface area (TPSA) is 113 Å². The third-order valence-electron chi connectivity index (χ3n) is 3.23. The number of nitro groups is 1. The quantitative estimate of drug-likeness (QED) is 0.616. The molecule has 0 heterocycles. The van der Waals surface area contributed by atoms with Gasteiger partial charge in [-0.1, -0.05) is 12.1 Å². The molecule has 2 aromatic carbocycles. The number of carboxylic acid groups (broad SMARTS) is 1. The van der Waals surface area contributed by atoms with Crippen molar-refractivity contribution in [1.82, 2.24) is 4.90 Å². The van der Waals surface area contributed by atoms with E-state index < -0.39 is 29.3 Å². The standard InChI is InChI=1S/C16H14FN3O5/c17-12-3-5-13(6-4-12)18-16(23)19(10-15(21)22)9-11-1-7-14(8-2-11)20(24)25/h1-8H,9-10H2,(H,18,23)(H,21,22). The second-order valence-corrected chi connectivity index (χ2v) is 5.11. The van der Waals surface area contributed by atoms with Crippen LogP contribution < -0.4 is 5.32 Å². The number of carbonyl (C=O) groups excluding carboxylic acids is 1. The van der Waals surface area contributed by atoms with Gasteiger partial charge in [-0.15, -0.1) is 0 Å². The minimum absolute atomic E-state index is 0.0582. The summed E-state index contributed by atoms with van der Waals surface area (Å²) >= 11 is 0. The second kappa shape index (κ2) is 7.86. The van der Waals surface area contributed by atoms with Crippen molar-refractivity contribution in [2.45, 2.75) is 6.54 Å². The molecule has 0 saturated carbocycles. The smallest absolute Gasteiger partial charge is 0.323 e. The molecule has 25 heavy (non-hydrogen) atoms. The van der Waals surface area contributed by atoms with Crippen molar-refractivity contribution < 1.29 is 24.0 Å². The lowest BCUT2D eigenvalue weighted by Gasteiger charge is -2.21. The van der Waals surface area contributed by atoms with Gasteiger partial charge in [-0.2, -0.15) is 0 Å². The summed E-state index contributed by atoms with van der Waals surface area (Å²) in [6.07, 6.45) is 0. The van der Waals surface area contributed by atoms with E-state index in [1.54, 1.807) is 0 Å².